The zero-order valence-corrected chi connectivity index (χ0v) is 16.6. The van der Waals surface area contributed by atoms with Crippen LogP contribution >= 0.6 is 0 Å². The molecule has 3 heterocycles. The molecular weight excluding hydrogens is 423 g/mol. The molecule has 0 unspecified atom stereocenters. The highest BCUT2D eigenvalue weighted by molar-refractivity contribution is 5.84. The van der Waals surface area contributed by atoms with Gasteiger partial charge in [-0.1, -0.05) is 0 Å². The number of aliphatic carboxylic acids is 1. The third kappa shape index (κ3) is 4.69. The molecule has 0 saturated carbocycles. The Kier molecular flexibility index (Phi) is 5.76. The van der Waals surface area contributed by atoms with Gasteiger partial charge in [0.2, 0.25) is 0 Å². The van der Waals surface area contributed by atoms with Crippen LogP contribution in [0.4, 0.5) is 24.7 Å². The van der Waals surface area contributed by atoms with Crippen molar-refractivity contribution in [3.63, 3.8) is 0 Å². The Morgan fingerprint density at radius 1 is 1.06 bits per heavy atom. The van der Waals surface area contributed by atoms with Crippen LogP contribution in [0.15, 0.2) is 55.0 Å². The number of aromatic nitrogens is 4. The minimum absolute atomic E-state index is 0.758. The summed E-state index contributed by atoms with van der Waals surface area (Å²) >= 11 is 0. The van der Waals surface area contributed by atoms with Gasteiger partial charge in [0.25, 0.3) is 0 Å². The summed E-state index contributed by atoms with van der Waals surface area (Å²) in [6, 6.07) is 12.3. The van der Waals surface area contributed by atoms with E-state index in [1.165, 1.54) is 10.9 Å². The number of carbonyl (C=O) groups is 1. The van der Waals surface area contributed by atoms with Crippen molar-refractivity contribution in [2.75, 3.05) is 5.32 Å². The van der Waals surface area contributed by atoms with Crippen LogP contribution in [0, 0.1) is 0 Å². The number of benzene rings is 1. The van der Waals surface area contributed by atoms with Gasteiger partial charge >= 0.3 is 12.1 Å². The quantitative estimate of drug-likeness (QED) is 0.418. The molecule has 164 valence electrons. The number of halogens is 3. The molecule has 0 bridgehead atoms. The van der Waals surface area contributed by atoms with E-state index < -0.39 is 12.1 Å². The molecule has 0 fully saturated rings. The highest BCUT2D eigenvalue weighted by Crippen LogP contribution is 2.31. The normalized spacial score (nSPS) is 12.7. The fraction of sp³-hybridized carbons (Fsp3) is 0.182. The Morgan fingerprint density at radius 3 is 2.53 bits per heavy atom. The second-order valence-corrected chi connectivity index (χ2v) is 7.12. The molecule has 0 spiro atoms. The summed E-state index contributed by atoms with van der Waals surface area (Å²) in [5.74, 6) is -1.08. The molecule has 1 aromatic carbocycles. The van der Waals surface area contributed by atoms with E-state index in [0.717, 1.165) is 53.4 Å². The van der Waals surface area contributed by atoms with Crippen LogP contribution in [0.5, 0.6) is 0 Å². The number of carboxylic acid groups (broad SMARTS) is 1. The number of alkyl halides is 3. The van der Waals surface area contributed by atoms with Gasteiger partial charge in [-0.15, -0.1) is 0 Å². The van der Waals surface area contributed by atoms with Gasteiger partial charge in [-0.25, -0.2) is 14.8 Å². The average Bonchev–Trinajstić information content (AvgIpc) is 3.43. The highest BCUT2D eigenvalue weighted by Gasteiger charge is 2.38. The highest BCUT2D eigenvalue weighted by atomic mass is 19.4. The van der Waals surface area contributed by atoms with Gasteiger partial charge in [0.05, 0.1) is 0 Å². The molecule has 0 amide bonds. The zero-order valence-electron chi connectivity index (χ0n) is 16.6. The molecule has 32 heavy (non-hydrogen) atoms. The lowest BCUT2D eigenvalue weighted by Gasteiger charge is -2.12. The molecule has 4 aromatic rings. The molecule has 0 saturated heterocycles. The van der Waals surface area contributed by atoms with E-state index in [2.05, 4.69) is 39.6 Å². The van der Waals surface area contributed by atoms with Crippen LogP contribution in [0.1, 0.15) is 17.7 Å². The number of aryl methyl sites for hydroxylation is 1. The van der Waals surface area contributed by atoms with Crippen LogP contribution < -0.4 is 5.32 Å². The van der Waals surface area contributed by atoms with E-state index in [1.54, 1.807) is 12.4 Å². The third-order valence-corrected chi connectivity index (χ3v) is 4.93. The van der Waals surface area contributed by atoms with Crippen molar-refractivity contribution in [1.29, 1.82) is 0 Å². The second-order valence-electron chi connectivity index (χ2n) is 7.12. The van der Waals surface area contributed by atoms with Gasteiger partial charge in [-0.3, -0.25) is 4.98 Å². The summed E-state index contributed by atoms with van der Waals surface area (Å²) in [4.78, 5) is 25.8. The van der Waals surface area contributed by atoms with Crippen molar-refractivity contribution in [3.05, 3.63) is 66.2 Å². The number of nitrogens with zero attached hydrogens (tertiary/aromatic N) is 3. The fourth-order valence-corrected chi connectivity index (χ4v) is 3.43. The smallest absolute Gasteiger partial charge is 0.475 e. The first-order valence-corrected chi connectivity index (χ1v) is 9.76. The molecule has 1 aliphatic carbocycles. The van der Waals surface area contributed by atoms with Crippen molar-refractivity contribution in [2.45, 2.75) is 25.4 Å². The second kappa shape index (κ2) is 8.66. The van der Waals surface area contributed by atoms with Crippen molar-refractivity contribution in [2.24, 2.45) is 0 Å². The van der Waals surface area contributed by atoms with Crippen LogP contribution in [-0.4, -0.2) is 37.2 Å². The number of pyridine rings is 1. The molecular formula is C22H18F3N5O2. The fourth-order valence-electron chi connectivity index (χ4n) is 3.43. The summed E-state index contributed by atoms with van der Waals surface area (Å²) in [5, 5.41) is 11.8. The maximum Gasteiger partial charge on any atom is 0.490 e. The molecule has 0 radical (unpaired) electrons. The number of anilines is 2. The molecule has 5 rings (SSSR count). The van der Waals surface area contributed by atoms with Gasteiger partial charge in [0.1, 0.15) is 5.82 Å². The number of fused-ring (bicyclic) bond motifs is 2. The van der Waals surface area contributed by atoms with Crippen LogP contribution in [0.2, 0.25) is 0 Å². The maximum absolute atomic E-state index is 10.6. The summed E-state index contributed by atoms with van der Waals surface area (Å²) < 4.78 is 31.7. The Morgan fingerprint density at radius 2 is 1.81 bits per heavy atom. The Labute approximate surface area is 180 Å². The molecule has 3 aromatic heterocycles. The predicted molar refractivity (Wildman–Crippen MR) is 113 cm³/mol. The minimum atomic E-state index is -5.08. The van der Waals surface area contributed by atoms with Crippen molar-refractivity contribution < 1.29 is 23.1 Å². The first-order valence-electron chi connectivity index (χ1n) is 9.76. The van der Waals surface area contributed by atoms with Gasteiger partial charge in [-0.05, 0) is 55.7 Å². The number of nitrogens with one attached hydrogen (secondary N) is 2. The molecule has 3 N–H and O–H groups in total. The molecule has 0 atom stereocenters. The Balaban J connectivity index is 0.000000307. The van der Waals surface area contributed by atoms with Gasteiger partial charge in [0.15, 0.2) is 5.82 Å². The number of carboxylic acids is 1. The number of H-pyrrole nitrogens is 1. The van der Waals surface area contributed by atoms with Crippen LogP contribution in [0.3, 0.4) is 0 Å². The Hall–Kier alpha value is -3.95. The first-order chi connectivity index (χ1) is 15.3. The molecule has 0 aliphatic heterocycles. The monoisotopic (exact) mass is 441 g/mol. The van der Waals surface area contributed by atoms with Crippen molar-refractivity contribution in [1.82, 2.24) is 19.9 Å². The largest absolute Gasteiger partial charge is 0.490 e. The van der Waals surface area contributed by atoms with E-state index in [4.69, 9.17) is 19.9 Å². The summed E-state index contributed by atoms with van der Waals surface area (Å²) in [5.41, 5.74) is 5.57. The van der Waals surface area contributed by atoms with E-state index >= 15 is 0 Å². The Bertz CT molecular complexity index is 1260. The molecule has 10 heteroatoms. The minimum Gasteiger partial charge on any atom is -0.475 e. The van der Waals surface area contributed by atoms with Gasteiger partial charge in [0, 0.05) is 52.0 Å². The third-order valence-electron chi connectivity index (χ3n) is 4.93. The predicted octanol–water partition coefficient (Wildman–Crippen LogP) is 4.89. The van der Waals surface area contributed by atoms with Gasteiger partial charge < -0.3 is 15.4 Å². The number of hydrogen-bond acceptors (Lipinski definition) is 5. The van der Waals surface area contributed by atoms with Crippen LogP contribution in [-0.2, 0) is 17.6 Å². The maximum atomic E-state index is 10.6. The first kappa shape index (κ1) is 21.3. The SMILES string of the molecule is O=C(O)C(F)(F)F.c1cc(-c2nc3c(c(Nc4ccc5[nH]ccc5c4)n2)CCC3)ccn1. The molecule has 1 aliphatic rings. The number of rotatable bonds is 3. The number of aromatic amines is 1. The van der Waals surface area contributed by atoms with Crippen molar-refractivity contribution >= 4 is 28.4 Å². The topological polar surface area (TPSA) is 104 Å². The summed E-state index contributed by atoms with van der Waals surface area (Å²) in [6.07, 6.45) is 3.60. The van der Waals surface area contributed by atoms with E-state index in [1.807, 2.05) is 18.3 Å². The molecule has 7 nitrogen and oxygen atoms in total. The van der Waals surface area contributed by atoms with E-state index in [9.17, 15) is 13.2 Å². The average molecular weight is 441 g/mol. The lowest BCUT2D eigenvalue weighted by molar-refractivity contribution is -0.192. The number of hydrogen-bond donors (Lipinski definition) is 3. The lowest BCUT2D eigenvalue weighted by Crippen LogP contribution is -2.21. The van der Waals surface area contributed by atoms with Crippen molar-refractivity contribution in [3.8, 4) is 11.4 Å². The van der Waals surface area contributed by atoms with Gasteiger partial charge in [-0.2, -0.15) is 13.2 Å². The lowest BCUT2D eigenvalue weighted by atomic mass is 10.2. The summed E-state index contributed by atoms with van der Waals surface area (Å²) in [7, 11) is 0. The van der Waals surface area contributed by atoms with E-state index in [0.29, 0.717) is 0 Å². The van der Waals surface area contributed by atoms with E-state index in [-0.39, 0.29) is 0 Å². The summed E-state index contributed by atoms with van der Waals surface area (Å²) in [6.45, 7) is 0. The zero-order chi connectivity index (χ0) is 22.7. The van der Waals surface area contributed by atoms with Crippen LogP contribution in [0.25, 0.3) is 22.3 Å². The standard InChI is InChI=1S/C20H17N5.C2HF3O2/c1-2-16-18(3-1)24-19(13-6-9-21-10-7-13)25-20(16)23-15-4-5-17-14(12-15)8-11-22-17;3-2(4,5)1(6)7/h4-12,22H,1-3H2,(H,23,24,25);(H,6,7).